The van der Waals surface area contributed by atoms with E-state index in [-0.39, 0.29) is 11.8 Å². The van der Waals surface area contributed by atoms with Crippen molar-refractivity contribution in [2.75, 3.05) is 5.73 Å². The molecule has 0 unspecified atom stereocenters. The highest BCUT2D eigenvalue weighted by atomic mass is 16.2. The lowest BCUT2D eigenvalue weighted by Gasteiger charge is -2.30. The van der Waals surface area contributed by atoms with E-state index in [0.29, 0.717) is 12.1 Å². The van der Waals surface area contributed by atoms with E-state index in [1.807, 2.05) is 19.1 Å². The third-order valence-corrected chi connectivity index (χ3v) is 3.14. The first-order chi connectivity index (χ1) is 8.08. The van der Waals surface area contributed by atoms with E-state index in [9.17, 15) is 9.59 Å². The lowest BCUT2D eigenvalue weighted by atomic mass is 9.75. The van der Waals surface area contributed by atoms with Crippen LogP contribution in [-0.2, 0) is 15.0 Å². The fourth-order valence-electron chi connectivity index (χ4n) is 2.05. The highest BCUT2D eigenvalue weighted by Gasteiger charge is 2.39. The number of amides is 2. The third-order valence-electron chi connectivity index (χ3n) is 3.14. The molecule has 0 fully saturated rings. The standard InChI is InChI=1S/C13H14N2O2/c1-2-13(8-7-11(16)15-12(13)17)9-3-5-10(14)6-4-9/h3-8H,2,14H2,1H3,(H,15,16,17)/t13-/m1/s1. The van der Waals surface area contributed by atoms with Gasteiger partial charge in [0, 0.05) is 11.8 Å². The van der Waals surface area contributed by atoms with Crippen molar-refractivity contribution in [1.29, 1.82) is 0 Å². The maximum absolute atomic E-state index is 12.0. The molecule has 0 radical (unpaired) electrons. The van der Waals surface area contributed by atoms with Crippen molar-refractivity contribution in [3.05, 3.63) is 42.0 Å². The summed E-state index contributed by atoms with van der Waals surface area (Å²) in [5, 5.41) is 2.34. The quantitative estimate of drug-likeness (QED) is 0.591. The van der Waals surface area contributed by atoms with Crippen LogP contribution in [0.4, 0.5) is 5.69 Å². The zero-order valence-corrected chi connectivity index (χ0v) is 9.57. The van der Waals surface area contributed by atoms with E-state index in [0.717, 1.165) is 5.56 Å². The van der Waals surface area contributed by atoms with Crippen molar-refractivity contribution < 1.29 is 9.59 Å². The lowest BCUT2D eigenvalue weighted by Crippen LogP contribution is -2.48. The van der Waals surface area contributed by atoms with E-state index in [1.54, 1.807) is 18.2 Å². The van der Waals surface area contributed by atoms with Crippen LogP contribution in [0, 0.1) is 0 Å². The molecule has 4 nitrogen and oxygen atoms in total. The van der Waals surface area contributed by atoms with E-state index >= 15 is 0 Å². The summed E-state index contributed by atoms with van der Waals surface area (Å²) < 4.78 is 0. The maximum Gasteiger partial charge on any atom is 0.250 e. The van der Waals surface area contributed by atoms with Gasteiger partial charge in [-0.2, -0.15) is 0 Å². The van der Waals surface area contributed by atoms with Crippen molar-refractivity contribution in [3.63, 3.8) is 0 Å². The number of carbonyl (C=O) groups is 2. The molecule has 17 heavy (non-hydrogen) atoms. The minimum absolute atomic E-state index is 0.280. The largest absolute Gasteiger partial charge is 0.399 e. The molecule has 1 heterocycles. The Morgan fingerprint density at radius 1 is 1.24 bits per heavy atom. The summed E-state index contributed by atoms with van der Waals surface area (Å²) in [6.45, 7) is 1.91. The number of anilines is 1. The smallest absolute Gasteiger partial charge is 0.250 e. The number of rotatable bonds is 2. The minimum atomic E-state index is -0.762. The topological polar surface area (TPSA) is 72.2 Å². The Labute approximate surface area is 99.5 Å². The van der Waals surface area contributed by atoms with Gasteiger partial charge in [0.1, 0.15) is 0 Å². The summed E-state index contributed by atoms with van der Waals surface area (Å²) in [6, 6.07) is 7.14. The molecular formula is C13H14N2O2. The number of imide groups is 1. The van der Waals surface area contributed by atoms with Gasteiger partial charge in [-0.15, -0.1) is 0 Å². The SMILES string of the molecule is CC[C@]1(c2ccc(N)cc2)C=CC(=O)NC1=O. The molecule has 1 atom stereocenters. The number of carbonyl (C=O) groups excluding carboxylic acids is 2. The number of nitrogens with two attached hydrogens (primary N) is 1. The normalized spacial score (nSPS) is 23.6. The fourth-order valence-corrected chi connectivity index (χ4v) is 2.05. The van der Waals surface area contributed by atoms with Gasteiger partial charge in [0.25, 0.3) is 0 Å². The highest BCUT2D eigenvalue weighted by Crippen LogP contribution is 2.32. The molecule has 1 aliphatic heterocycles. The fraction of sp³-hybridized carbons (Fsp3) is 0.231. The van der Waals surface area contributed by atoms with Gasteiger partial charge in [0.2, 0.25) is 11.8 Å². The molecule has 0 saturated heterocycles. The lowest BCUT2D eigenvalue weighted by molar-refractivity contribution is -0.132. The minimum Gasteiger partial charge on any atom is -0.399 e. The molecule has 2 rings (SSSR count). The van der Waals surface area contributed by atoms with Crippen molar-refractivity contribution in [3.8, 4) is 0 Å². The number of nitrogens with one attached hydrogen (secondary N) is 1. The summed E-state index contributed by atoms with van der Waals surface area (Å²) in [5.74, 6) is -0.646. The molecule has 0 aromatic heterocycles. The molecular weight excluding hydrogens is 216 g/mol. The van der Waals surface area contributed by atoms with Gasteiger partial charge in [-0.25, -0.2) is 0 Å². The number of nitrogen functional groups attached to an aromatic ring is 1. The van der Waals surface area contributed by atoms with Crippen LogP contribution >= 0.6 is 0 Å². The van der Waals surface area contributed by atoms with Crippen molar-refractivity contribution in [1.82, 2.24) is 5.32 Å². The maximum atomic E-state index is 12.0. The second kappa shape index (κ2) is 4.05. The summed E-state index contributed by atoms with van der Waals surface area (Å²) in [5.41, 5.74) is 6.35. The summed E-state index contributed by atoms with van der Waals surface area (Å²) in [6.07, 6.45) is 3.66. The molecule has 1 aromatic rings. The predicted molar refractivity (Wildman–Crippen MR) is 65.1 cm³/mol. The van der Waals surface area contributed by atoms with Crippen LogP contribution in [0.1, 0.15) is 18.9 Å². The monoisotopic (exact) mass is 230 g/mol. The Morgan fingerprint density at radius 3 is 2.41 bits per heavy atom. The molecule has 2 amide bonds. The molecule has 0 saturated carbocycles. The van der Waals surface area contributed by atoms with E-state index in [2.05, 4.69) is 5.32 Å². The van der Waals surface area contributed by atoms with E-state index in [1.165, 1.54) is 6.08 Å². The van der Waals surface area contributed by atoms with Gasteiger partial charge in [-0.3, -0.25) is 14.9 Å². The Balaban J connectivity index is 2.51. The van der Waals surface area contributed by atoms with Gasteiger partial charge in [0.15, 0.2) is 0 Å². The average Bonchev–Trinajstić information content (AvgIpc) is 2.31. The number of benzene rings is 1. The average molecular weight is 230 g/mol. The van der Waals surface area contributed by atoms with Crippen molar-refractivity contribution >= 4 is 17.5 Å². The van der Waals surface area contributed by atoms with Crippen molar-refractivity contribution in [2.45, 2.75) is 18.8 Å². The van der Waals surface area contributed by atoms with E-state index in [4.69, 9.17) is 5.73 Å². The predicted octanol–water partition coefficient (Wildman–Crippen LogP) is 1.13. The first-order valence-corrected chi connectivity index (χ1v) is 5.49. The molecule has 1 aromatic carbocycles. The van der Waals surface area contributed by atoms with Crippen LogP contribution in [0.5, 0.6) is 0 Å². The van der Waals surface area contributed by atoms with Gasteiger partial charge in [0.05, 0.1) is 5.41 Å². The van der Waals surface area contributed by atoms with Gasteiger partial charge in [-0.1, -0.05) is 25.1 Å². The Hall–Kier alpha value is -2.10. The molecule has 3 N–H and O–H groups in total. The van der Waals surface area contributed by atoms with Crippen LogP contribution in [-0.4, -0.2) is 11.8 Å². The second-order valence-corrected chi connectivity index (χ2v) is 4.10. The molecule has 0 aliphatic carbocycles. The zero-order valence-electron chi connectivity index (χ0n) is 9.57. The van der Waals surface area contributed by atoms with Crippen LogP contribution < -0.4 is 11.1 Å². The van der Waals surface area contributed by atoms with E-state index < -0.39 is 5.41 Å². The summed E-state index contributed by atoms with van der Waals surface area (Å²) >= 11 is 0. The Morgan fingerprint density at radius 2 is 1.88 bits per heavy atom. The van der Waals surface area contributed by atoms with Crippen LogP contribution in [0.2, 0.25) is 0 Å². The molecule has 0 bridgehead atoms. The van der Waals surface area contributed by atoms with Gasteiger partial charge in [-0.05, 0) is 24.1 Å². The van der Waals surface area contributed by atoms with Crippen molar-refractivity contribution in [2.24, 2.45) is 0 Å². The summed E-state index contributed by atoms with van der Waals surface area (Å²) in [7, 11) is 0. The van der Waals surface area contributed by atoms with Gasteiger partial charge < -0.3 is 5.73 Å². The number of hydrogen-bond donors (Lipinski definition) is 2. The molecule has 88 valence electrons. The molecule has 1 aliphatic rings. The zero-order chi connectivity index (χ0) is 12.5. The highest BCUT2D eigenvalue weighted by molar-refractivity contribution is 6.09. The second-order valence-electron chi connectivity index (χ2n) is 4.10. The first kappa shape index (κ1) is 11.4. The van der Waals surface area contributed by atoms with Crippen LogP contribution in [0.25, 0.3) is 0 Å². The first-order valence-electron chi connectivity index (χ1n) is 5.49. The van der Waals surface area contributed by atoms with Gasteiger partial charge >= 0.3 is 0 Å². The molecule has 0 spiro atoms. The van der Waals surface area contributed by atoms with Crippen LogP contribution in [0.15, 0.2) is 36.4 Å². The third kappa shape index (κ3) is 1.82. The Kier molecular flexibility index (Phi) is 2.71. The van der Waals surface area contributed by atoms with Crippen LogP contribution in [0.3, 0.4) is 0 Å². The number of hydrogen-bond acceptors (Lipinski definition) is 3. The molecule has 4 heteroatoms. The Bertz CT molecular complexity index is 491. The summed E-state index contributed by atoms with van der Waals surface area (Å²) in [4.78, 5) is 23.2.